The van der Waals surface area contributed by atoms with Crippen LogP contribution in [0.3, 0.4) is 0 Å². The van der Waals surface area contributed by atoms with E-state index in [-0.39, 0.29) is 12.6 Å². The van der Waals surface area contributed by atoms with Gasteiger partial charge in [-0.25, -0.2) is 4.79 Å². The van der Waals surface area contributed by atoms with Gasteiger partial charge in [0, 0.05) is 19.2 Å². The molecule has 2 aliphatic rings. The van der Waals surface area contributed by atoms with Crippen molar-refractivity contribution in [1.82, 2.24) is 10.6 Å². The summed E-state index contributed by atoms with van der Waals surface area (Å²) < 4.78 is 5.32. The Balaban J connectivity index is 1.45. The van der Waals surface area contributed by atoms with E-state index in [2.05, 4.69) is 10.6 Å². The summed E-state index contributed by atoms with van der Waals surface area (Å²) in [5.41, 5.74) is 0. The van der Waals surface area contributed by atoms with Crippen molar-refractivity contribution >= 4 is 6.03 Å². The van der Waals surface area contributed by atoms with Gasteiger partial charge in [0.1, 0.15) is 0 Å². The Morgan fingerprint density at radius 1 is 1.38 bits per heavy atom. The Morgan fingerprint density at radius 2 is 2.12 bits per heavy atom. The van der Waals surface area contributed by atoms with Crippen LogP contribution in [0.1, 0.15) is 25.7 Å². The number of urea groups is 1. The van der Waals surface area contributed by atoms with Crippen LogP contribution in [0.5, 0.6) is 0 Å². The third-order valence-corrected chi connectivity index (χ3v) is 2.77. The standard InChI is InChI=1S/C11H20N2O3/c14-10(7-16-6-8-1-2-8)5-12-11(15)13-9-3-4-9/h8-10,14H,1-7H2,(H2,12,13,15). The van der Waals surface area contributed by atoms with Crippen molar-refractivity contribution in [1.29, 1.82) is 0 Å². The van der Waals surface area contributed by atoms with Crippen LogP contribution in [0.15, 0.2) is 0 Å². The van der Waals surface area contributed by atoms with Crippen molar-refractivity contribution in [3.8, 4) is 0 Å². The largest absolute Gasteiger partial charge is 0.389 e. The van der Waals surface area contributed by atoms with Gasteiger partial charge in [0.2, 0.25) is 0 Å². The zero-order chi connectivity index (χ0) is 11.4. The smallest absolute Gasteiger partial charge is 0.315 e. The number of rotatable bonds is 7. The molecule has 0 aliphatic heterocycles. The molecule has 2 saturated carbocycles. The quantitative estimate of drug-likeness (QED) is 0.584. The summed E-state index contributed by atoms with van der Waals surface area (Å²) in [6.45, 7) is 1.30. The minimum atomic E-state index is -0.608. The van der Waals surface area contributed by atoms with Crippen molar-refractivity contribution in [2.24, 2.45) is 5.92 Å². The SMILES string of the molecule is O=C(NCC(O)COCC1CC1)NC1CC1. The molecule has 2 aliphatic carbocycles. The summed E-state index contributed by atoms with van der Waals surface area (Å²) in [6, 6.07) is 0.159. The molecule has 92 valence electrons. The summed E-state index contributed by atoms with van der Waals surface area (Å²) in [4.78, 5) is 11.2. The lowest BCUT2D eigenvalue weighted by molar-refractivity contribution is 0.0337. The molecule has 0 bridgehead atoms. The number of hydrogen-bond acceptors (Lipinski definition) is 3. The molecule has 16 heavy (non-hydrogen) atoms. The summed E-state index contributed by atoms with van der Waals surface area (Å²) in [5, 5.41) is 14.9. The first-order valence-corrected chi connectivity index (χ1v) is 6.04. The first-order chi connectivity index (χ1) is 7.74. The molecule has 0 heterocycles. The molecule has 2 amide bonds. The Morgan fingerprint density at radius 3 is 2.75 bits per heavy atom. The van der Waals surface area contributed by atoms with E-state index in [4.69, 9.17) is 4.74 Å². The van der Waals surface area contributed by atoms with Gasteiger partial charge in [0.15, 0.2) is 0 Å². The number of aliphatic hydroxyl groups excluding tert-OH is 1. The first kappa shape index (κ1) is 11.7. The topological polar surface area (TPSA) is 70.6 Å². The summed E-state index contributed by atoms with van der Waals surface area (Å²) in [6.07, 6.45) is 4.03. The predicted octanol–water partition coefficient (Wildman–Crippen LogP) is 0.235. The maximum Gasteiger partial charge on any atom is 0.315 e. The molecular formula is C11H20N2O3. The lowest BCUT2D eigenvalue weighted by atomic mass is 10.4. The fourth-order valence-electron chi connectivity index (χ4n) is 1.39. The highest BCUT2D eigenvalue weighted by Crippen LogP contribution is 2.28. The Kier molecular flexibility index (Phi) is 4.01. The third-order valence-electron chi connectivity index (χ3n) is 2.77. The second-order valence-corrected chi connectivity index (χ2v) is 4.76. The molecule has 0 spiro atoms. The van der Waals surface area contributed by atoms with E-state index in [9.17, 15) is 9.90 Å². The van der Waals surface area contributed by atoms with E-state index in [0.717, 1.165) is 19.4 Å². The normalized spacial score (nSPS) is 21.6. The highest BCUT2D eigenvalue weighted by atomic mass is 16.5. The van der Waals surface area contributed by atoms with E-state index in [0.29, 0.717) is 18.6 Å². The van der Waals surface area contributed by atoms with Gasteiger partial charge in [-0.05, 0) is 31.6 Å². The van der Waals surface area contributed by atoms with E-state index >= 15 is 0 Å². The minimum Gasteiger partial charge on any atom is -0.389 e. The van der Waals surface area contributed by atoms with Crippen LogP contribution in [-0.4, -0.2) is 43.0 Å². The maximum absolute atomic E-state index is 11.2. The number of hydrogen-bond donors (Lipinski definition) is 3. The van der Waals surface area contributed by atoms with Crippen LogP contribution in [0.2, 0.25) is 0 Å². The highest BCUT2D eigenvalue weighted by molar-refractivity contribution is 5.74. The van der Waals surface area contributed by atoms with Crippen LogP contribution in [-0.2, 0) is 4.74 Å². The van der Waals surface area contributed by atoms with Crippen LogP contribution >= 0.6 is 0 Å². The fourth-order valence-corrected chi connectivity index (χ4v) is 1.39. The molecule has 0 aromatic heterocycles. The molecule has 5 heteroatoms. The number of amides is 2. The molecule has 2 rings (SSSR count). The van der Waals surface area contributed by atoms with E-state index in [1.807, 2.05) is 0 Å². The van der Waals surface area contributed by atoms with E-state index < -0.39 is 6.10 Å². The zero-order valence-electron chi connectivity index (χ0n) is 9.45. The van der Waals surface area contributed by atoms with Crippen LogP contribution in [0.25, 0.3) is 0 Å². The Hall–Kier alpha value is -0.810. The second kappa shape index (κ2) is 5.50. The van der Waals surface area contributed by atoms with Crippen LogP contribution in [0, 0.1) is 5.92 Å². The lowest BCUT2D eigenvalue weighted by Crippen LogP contribution is -2.41. The highest BCUT2D eigenvalue weighted by Gasteiger charge is 2.23. The van der Waals surface area contributed by atoms with Crippen molar-refractivity contribution in [2.75, 3.05) is 19.8 Å². The van der Waals surface area contributed by atoms with Crippen LogP contribution < -0.4 is 10.6 Å². The Labute approximate surface area is 95.5 Å². The van der Waals surface area contributed by atoms with Crippen LogP contribution in [0.4, 0.5) is 4.79 Å². The average molecular weight is 228 g/mol. The van der Waals surface area contributed by atoms with Gasteiger partial charge in [-0.2, -0.15) is 0 Å². The monoisotopic (exact) mass is 228 g/mol. The van der Waals surface area contributed by atoms with E-state index in [1.54, 1.807) is 0 Å². The van der Waals surface area contributed by atoms with Gasteiger partial charge in [-0.15, -0.1) is 0 Å². The minimum absolute atomic E-state index is 0.191. The number of carbonyl (C=O) groups is 1. The maximum atomic E-state index is 11.2. The van der Waals surface area contributed by atoms with Crippen molar-refractivity contribution < 1.29 is 14.6 Å². The second-order valence-electron chi connectivity index (χ2n) is 4.76. The van der Waals surface area contributed by atoms with Crippen molar-refractivity contribution in [3.63, 3.8) is 0 Å². The van der Waals surface area contributed by atoms with Crippen molar-refractivity contribution in [2.45, 2.75) is 37.8 Å². The lowest BCUT2D eigenvalue weighted by Gasteiger charge is -2.12. The molecule has 0 aromatic carbocycles. The summed E-state index contributed by atoms with van der Waals surface area (Å²) in [5.74, 6) is 0.707. The van der Waals surface area contributed by atoms with Gasteiger partial charge < -0.3 is 20.5 Å². The molecule has 0 saturated heterocycles. The number of nitrogens with one attached hydrogen (secondary N) is 2. The van der Waals surface area contributed by atoms with Gasteiger partial charge in [-0.3, -0.25) is 0 Å². The number of carbonyl (C=O) groups excluding carboxylic acids is 1. The summed E-state index contributed by atoms with van der Waals surface area (Å²) in [7, 11) is 0. The number of ether oxygens (including phenoxy) is 1. The van der Waals surface area contributed by atoms with Gasteiger partial charge >= 0.3 is 6.03 Å². The van der Waals surface area contributed by atoms with Gasteiger partial charge in [0.25, 0.3) is 0 Å². The molecule has 1 unspecified atom stereocenters. The molecule has 1 atom stereocenters. The molecule has 0 aromatic rings. The molecule has 2 fully saturated rings. The number of aliphatic hydroxyl groups is 1. The Bertz CT molecular complexity index is 239. The third kappa shape index (κ3) is 4.81. The molecule has 3 N–H and O–H groups in total. The average Bonchev–Trinajstić information content (AvgIpc) is 3.08. The fraction of sp³-hybridized carbons (Fsp3) is 0.909. The van der Waals surface area contributed by atoms with Gasteiger partial charge in [0.05, 0.1) is 12.7 Å². The van der Waals surface area contributed by atoms with E-state index in [1.165, 1.54) is 12.8 Å². The molecule has 0 radical (unpaired) electrons. The summed E-state index contributed by atoms with van der Waals surface area (Å²) >= 11 is 0. The molecule has 5 nitrogen and oxygen atoms in total. The molecular weight excluding hydrogens is 208 g/mol. The zero-order valence-corrected chi connectivity index (χ0v) is 9.45. The van der Waals surface area contributed by atoms with Gasteiger partial charge in [-0.1, -0.05) is 0 Å². The first-order valence-electron chi connectivity index (χ1n) is 6.04. The van der Waals surface area contributed by atoms with Crippen molar-refractivity contribution in [3.05, 3.63) is 0 Å². The predicted molar refractivity (Wildman–Crippen MR) is 59.1 cm³/mol.